The molecule has 2 aromatic carbocycles. The molecule has 0 saturated heterocycles. The Labute approximate surface area is 110 Å². The van der Waals surface area contributed by atoms with Crippen LogP contribution in [0.1, 0.15) is 0 Å². The van der Waals surface area contributed by atoms with E-state index < -0.39 is 0 Å². The molecule has 0 aromatic heterocycles. The summed E-state index contributed by atoms with van der Waals surface area (Å²) in [4.78, 5) is 0. The maximum absolute atomic E-state index is 5.99. The van der Waals surface area contributed by atoms with Crippen LogP contribution in [0.5, 0.6) is 17.2 Å². The van der Waals surface area contributed by atoms with Gasteiger partial charge >= 0.3 is 0 Å². The van der Waals surface area contributed by atoms with E-state index in [1.165, 1.54) is 0 Å². The Morgan fingerprint density at radius 2 is 1.65 bits per heavy atom. The van der Waals surface area contributed by atoms with Gasteiger partial charge in [0.2, 0.25) is 0 Å². The first-order valence-electron chi connectivity index (χ1n) is 4.88. The van der Waals surface area contributed by atoms with Crippen molar-refractivity contribution in [3.8, 4) is 17.2 Å². The predicted octanol–water partition coefficient (Wildman–Crippen LogP) is 4.59. The molecule has 2 rings (SSSR count). The summed E-state index contributed by atoms with van der Waals surface area (Å²) in [7, 11) is 1.61. The fraction of sp³-hybridized carbons (Fsp3) is 0.0769. The molecule has 4 heteroatoms. The number of methoxy groups -OCH3 is 1. The second-order valence-corrected chi connectivity index (χ2v) is 4.03. The van der Waals surface area contributed by atoms with E-state index in [0.29, 0.717) is 21.5 Å². The molecule has 0 spiro atoms. The van der Waals surface area contributed by atoms with E-state index >= 15 is 0 Å². The van der Waals surface area contributed by atoms with Gasteiger partial charge in [-0.1, -0.05) is 23.2 Å². The molecule has 0 fully saturated rings. The number of hydrogen-bond acceptors (Lipinski definition) is 2. The number of rotatable bonds is 3. The first-order valence-corrected chi connectivity index (χ1v) is 5.64. The summed E-state index contributed by atoms with van der Waals surface area (Å²) in [5.74, 6) is 1.81. The van der Waals surface area contributed by atoms with Crippen LogP contribution in [-0.2, 0) is 0 Å². The molecule has 87 valence electrons. The molecule has 0 aliphatic rings. The van der Waals surface area contributed by atoms with Gasteiger partial charge in [0.15, 0.2) is 5.75 Å². The Bertz CT molecular complexity index is 509. The Morgan fingerprint density at radius 3 is 2.29 bits per heavy atom. The lowest BCUT2D eigenvalue weighted by Gasteiger charge is -2.08. The minimum atomic E-state index is 0.352. The Balaban J connectivity index is 2.22. The van der Waals surface area contributed by atoms with E-state index in [9.17, 15) is 0 Å². The second-order valence-electron chi connectivity index (χ2n) is 3.25. The van der Waals surface area contributed by atoms with Crippen molar-refractivity contribution in [3.63, 3.8) is 0 Å². The molecule has 1 radical (unpaired) electrons. The lowest BCUT2D eigenvalue weighted by atomic mass is 10.3. The van der Waals surface area contributed by atoms with E-state index in [-0.39, 0.29) is 0 Å². The predicted molar refractivity (Wildman–Crippen MR) is 68.4 cm³/mol. The average molecular weight is 268 g/mol. The van der Waals surface area contributed by atoms with E-state index in [2.05, 4.69) is 6.07 Å². The maximum Gasteiger partial charge on any atom is 0.155 e. The van der Waals surface area contributed by atoms with E-state index in [0.717, 1.165) is 5.75 Å². The first kappa shape index (κ1) is 12.1. The molecule has 0 amide bonds. The molecule has 17 heavy (non-hydrogen) atoms. The van der Waals surface area contributed by atoms with Crippen molar-refractivity contribution in [1.82, 2.24) is 0 Å². The molecule has 0 atom stereocenters. The molecule has 0 aliphatic heterocycles. The van der Waals surface area contributed by atoms with Crippen LogP contribution < -0.4 is 9.47 Å². The third-order valence-electron chi connectivity index (χ3n) is 2.13. The molecule has 0 N–H and O–H groups in total. The number of benzene rings is 2. The summed E-state index contributed by atoms with van der Waals surface area (Å²) in [6.45, 7) is 0. The summed E-state index contributed by atoms with van der Waals surface area (Å²) < 4.78 is 10.6. The summed E-state index contributed by atoms with van der Waals surface area (Å²) >= 11 is 11.9. The minimum Gasteiger partial charge on any atom is -0.497 e. The Kier molecular flexibility index (Phi) is 3.77. The van der Waals surface area contributed by atoms with Gasteiger partial charge in [-0.3, -0.25) is 0 Å². The fourth-order valence-electron chi connectivity index (χ4n) is 1.27. The van der Waals surface area contributed by atoms with Gasteiger partial charge in [0, 0.05) is 6.07 Å². The Hall–Kier alpha value is -1.38. The highest BCUT2D eigenvalue weighted by atomic mass is 35.5. The van der Waals surface area contributed by atoms with E-state index in [1.54, 1.807) is 43.5 Å². The van der Waals surface area contributed by atoms with Crippen molar-refractivity contribution in [2.45, 2.75) is 0 Å². The highest BCUT2D eigenvalue weighted by molar-refractivity contribution is 6.42. The van der Waals surface area contributed by atoms with Crippen LogP contribution in [0.15, 0.2) is 36.4 Å². The van der Waals surface area contributed by atoms with Crippen LogP contribution in [0.4, 0.5) is 0 Å². The SMILES string of the molecule is COc1ccc(Oc2[c]ccc(Cl)c2Cl)cc1. The van der Waals surface area contributed by atoms with Crippen LogP contribution in [0.3, 0.4) is 0 Å². The van der Waals surface area contributed by atoms with Gasteiger partial charge in [-0.2, -0.15) is 0 Å². The van der Waals surface area contributed by atoms with Gasteiger partial charge in [0.25, 0.3) is 0 Å². The van der Waals surface area contributed by atoms with Crippen molar-refractivity contribution in [2.75, 3.05) is 7.11 Å². The topological polar surface area (TPSA) is 18.5 Å². The quantitative estimate of drug-likeness (QED) is 0.810. The summed E-state index contributed by atoms with van der Waals surface area (Å²) in [6, 6.07) is 13.4. The van der Waals surface area contributed by atoms with Crippen LogP contribution in [0.25, 0.3) is 0 Å². The number of ether oxygens (including phenoxy) is 2. The van der Waals surface area contributed by atoms with Gasteiger partial charge in [-0.05, 0) is 36.4 Å². The van der Waals surface area contributed by atoms with Crippen LogP contribution in [0.2, 0.25) is 10.0 Å². The normalized spacial score (nSPS) is 10.1. The summed E-state index contributed by atoms with van der Waals surface area (Å²) in [5.41, 5.74) is 0. The third kappa shape index (κ3) is 2.84. The molecule has 0 heterocycles. The largest absolute Gasteiger partial charge is 0.497 e. The van der Waals surface area contributed by atoms with Crippen molar-refractivity contribution in [2.24, 2.45) is 0 Å². The lowest BCUT2D eigenvalue weighted by Crippen LogP contribution is -1.87. The van der Waals surface area contributed by atoms with Gasteiger partial charge in [0.1, 0.15) is 16.5 Å². The first-order chi connectivity index (χ1) is 8.20. The zero-order chi connectivity index (χ0) is 12.3. The smallest absolute Gasteiger partial charge is 0.155 e. The van der Waals surface area contributed by atoms with Crippen LogP contribution >= 0.6 is 23.2 Å². The molecule has 2 aromatic rings. The minimum absolute atomic E-state index is 0.352. The molecular formula is C13H9Cl2O2. The molecule has 0 unspecified atom stereocenters. The molecular weight excluding hydrogens is 259 g/mol. The fourth-order valence-corrected chi connectivity index (χ4v) is 1.58. The Morgan fingerprint density at radius 1 is 1.00 bits per heavy atom. The van der Waals surface area contributed by atoms with Crippen LogP contribution in [0, 0.1) is 6.07 Å². The lowest BCUT2D eigenvalue weighted by molar-refractivity contribution is 0.413. The maximum atomic E-state index is 5.99. The van der Waals surface area contributed by atoms with E-state index in [1.807, 2.05) is 0 Å². The van der Waals surface area contributed by atoms with Crippen molar-refractivity contribution in [3.05, 3.63) is 52.5 Å². The standard InChI is InChI=1S/C13H9Cl2O2/c1-16-9-5-7-10(8-6-9)17-12-4-2-3-11(14)13(12)15/h2-3,5-8H,1H3. The number of halogens is 2. The van der Waals surface area contributed by atoms with Gasteiger partial charge < -0.3 is 9.47 Å². The van der Waals surface area contributed by atoms with Gasteiger partial charge in [-0.25, -0.2) is 0 Å². The second kappa shape index (κ2) is 5.30. The molecule has 0 saturated carbocycles. The van der Waals surface area contributed by atoms with Crippen molar-refractivity contribution >= 4 is 23.2 Å². The van der Waals surface area contributed by atoms with E-state index in [4.69, 9.17) is 32.7 Å². The van der Waals surface area contributed by atoms with Crippen molar-refractivity contribution in [1.29, 1.82) is 0 Å². The molecule has 0 aliphatic carbocycles. The van der Waals surface area contributed by atoms with Crippen molar-refractivity contribution < 1.29 is 9.47 Å². The highest BCUT2D eigenvalue weighted by Gasteiger charge is 2.06. The molecule has 2 nitrogen and oxygen atoms in total. The highest BCUT2D eigenvalue weighted by Crippen LogP contribution is 2.34. The monoisotopic (exact) mass is 267 g/mol. The average Bonchev–Trinajstić information content (AvgIpc) is 2.36. The zero-order valence-corrected chi connectivity index (χ0v) is 10.5. The third-order valence-corrected chi connectivity index (χ3v) is 2.92. The summed E-state index contributed by atoms with van der Waals surface area (Å²) in [6.07, 6.45) is 0. The molecule has 0 bridgehead atoms. The number of hydrogen-bond donors (Lipinski definition) is 0. The van der Waals surface area contributed by atoms with Crippen LogP contribution in [-0.4, -0.2) is 7.11 Å². The van der Waals surface area contributed by atoms with Gasteiger partial charge in [-0.15, -0.1) is 0 Å². The summed E-state index contributed by atoms with van der Waals surface area (Å²) in [5, 5.41) is 0.791. The zero-order valence-electron chi connectivity index (χ0n) is 9.04. The van der Waals surface area contributed by atoms with Gasteiger partial charge in [0.05, 0.1) is 12.1 Å².